The van der Waals surface area contributed by atoms with E-state index in [0.717, 1.165) is 25.1 Å². The second-order valence-corrected chi connectivity index (χ2v) is 4.85. The van der Waals surface area contributed by atoms with Crippen LogP contribution in [0.4, 0.5) is 0 Å². The first-order chi connectivity index (χ1) is 8.72. The Bertz CT molecular complexity index is 424. The van der Waals surface area contributed by atoms with Crippen LogP contribution >= 0.6 is 0 Å². The molecule has 0 aromatic heterocycles. The Labute approximate surface area is 107 Å². The SMILES string of the molecule is N#Cc1ccc(C(O)CN2CCC(CO)C2)cc1. The zero-order valence-electron chi connectivity index (χ0n) is 10.3. The quantitative estimate of drug-likeness (QED) is 0.828. The lowest BCUT2D eigenvalue weighted by atomic mass is 10.1. The number of nitriles is 1. The molecule has 0 spiro atoms. The van der Waals surface area contributed by atoms with Gasteiger partial charge in [0.25, 0.3) is 0 Å². The van der Waals surface area contributed by atoms with Crippen molar-refractivity contribution in [2.75, 3.05) is 26.2 Å². The molecule has 1 fully saturated rings. The van der Waals surface area contributed by atoms with Crippen molar-refractivity contribution in [3.8, 4) is 6.07 Å². The van der Waals surface area contributed by atoms with Gasteiger partial charge in [-0.25, -0.2) is 0 Å². The van der Waals surface area contributed by atoms with Crippen LogP contribution in [0.2, 0.25) is 0 Å². The number of hydrogen-bond acceptors (Lipinski definition) is 4. The summed E-state index contributed by atoms with van der Waals surface area (Å²) in [6, 6.07) is 9.09. The van der Waals surface area contributed by atoms with Gasteiger partial charge in [-0.2, -0.15) is 5.26 Å². The van der Waals surface area contributed by atoms with E-state index in [1.54, 1.807) is 24.3 Å². The van der Waals surface area contributed by atoms with Crippen molar-refractivity contribution in [2.24, 2.45) is 5.92 Å². The van der Waals surface area contributed by atoms with Gasteiger partial charge in [-0.3, -0.25) is 0 Å². The Hall–Kier alpha value is -1.41. The molecule has 2 atom stereocenters. The first kappa shape index (κ1) is 13.0. The van der Waals surface area contributed by atoms with E-state index in [2.05, 4.69) is 11.0 Å². The molecule has 0 aliphatic carbocycles. The predicted molar refractivity (Wildman–Crippen MR) is 67.7 cm³/mol. The normalized spacial score (nSPS) is 21.7. The van der Waals surface area contributed by atoms with E-state index < -0.39 is 6.10 Å². The van der Waals surface area contributed by atoms with Gasteiger partial charge in [-0.05, 0) is 36.6 Å². The van der Waals surface area contributed by atoms with Crippen molar-refractivity contribution in [2.45, 2.75) is 12.5 Å². The molecular weight excluding hydrogens is 228 g/mol. The summed E-state index contributed by atoms with van der Waals surface area (Å²) in [6.07, 6.45) is 0.464. The van der Waals surface area contributed by atoms with Gasteiger partial charge in [0.2, 0.25) is 0 Å². The number of aliphatic hydroxyl groups is 2. The van der Waals surface area contributed by atoms with E-state index in [0.29, 0.717) is 18.0 Å². The van der Waals surface area contributed by atoms with Gasteiger partial charge >= 0.3 is 0 Å². The van der Waals surface area contributed by atoms with Crippen LogP contribution in [-0.4, -0.2) is 41.4 Å². The van der Waals surface area contributed by atoms with Crippen LogP contribution in [0.3, 0.4) is 0 Å². The average molecular weight is 246 g/mol. The van der Waals surface area contributed by atoms with Crippen molar-refractivity contribution in [3.63, 3.8) is 0 Å². The lowest BCUT2D eigenvalue weighted by molar-refractivity contribution is 0.121. The maximum atomic E-state index is 10.1. The minimum atomic E-state index is -0.532. The lowest BCUT2D eigenvalue weighted by Gasteiger charge is -2.20. The minimum absolute atomic E-state index is 0.226. The Morgan fingerprint density at radius 3 is 2.67 bits per heavy atom. The third kappa shape index (κ3) is 3.08. The summed E-state index contributed by atoms with van der Waals surface area (Å²) in [7, 11) is 0. The number of rotatable bonds is 4. The second-order valence-electron chi connectivity index (χ2n) is 4.85. The Morgan fingerprint density at radius 2 is 2.11 bits per heavy atom. The van der Waals surface area contributed by atoms with E-state index in [4.69, 9.17) is 10.4 Å². The average Bonchev–Trinajstić information content (AvgIpc) is 2.86. The standard InChI is InChI=1S/C14H18N2O2/c15-7-11-1-3-13(4-2-11)14(18)9-16-6-5-12(8-16)10-17/h1-4,12,14,17-18H,5-6,8-10H2. The molecule has 1 aliphatic heterocycles. The van der Waals surface area contributed by atoms with Crippen molar-refractivity contribution in [3.05, 3.63) is 35.4 Å². The fraction of sp³-hybridized carbons (Fsp3) is 0.500. The highest BCUT2D eigenvalue weighted by Crippen LogP contribution is 2.20. The molecular formula is C14H18N2O2. The van der Waals surface area contributed by atoms with Crippen LogP contribution in [0, 0.1) is 17.2 Å². The van der Waals surface area contributed by atoms with E-state index in [9.17, 15) is 5.11 Å². The third-order valence-corrected chi connectivity index (χ3v) is 3.48. The van der Waals surface area contributed by atoms with Crippen LogP contribution in [0.25, 0.3) is 0 Å². The number of β-amino-alcohol motifs (C(OH)–C–C–N with tert-alkyl or cyclic N) is 1. The molecule has 2 rings (SSSR count). The summed E-state index contributed by atoms with van der Waals surface area (Å²) < 4.78 is 0. The van der Waals surface area contributed by atoms with E-state index >= 15 is 0 Å². The zero-order valence-corrected chi connectivity index (χ0v) is 10.3. The first-order valence-electron chi connectivity index (χ1n) is 6.24. The number of aliphatic hydroxyl groups excluding tert-OH is 2. The van der Waals surface area contributed by atoms with Gasteiger partial charge in [-0.15, -0.1) is 0 Å². The maximum absolute atomic E-state index is 10.1. The molecule has 4 nitrogen and oxygen atoms in total. The number of nitrogens with zero attached hydrogens (tertiary/aromatic N) is 2. The summed E-state index contributed by atoms with van der Waals surface area (Å²) >= 11 is 0. The Kier molecular flexibility index (Phi) is 4.32. The first-order valence-corrected chi connectivity index (χ1v) is 6.24. The molecule has 0 bridgehead atoms. The lowest BCUT2D eigenvalue weighted by Crippen LogP contribution is -2.27. The Morgan fingerprint density at radius 1 is 1.39 bits per heavy atom. The van der Waals surface area contributed by atoms with Crippen molar-refractivity contribution in [1.29, 1.82) is 5.26 Å². The van der Waals surface area contributed by atoms with Gasteiger partial charge < -0.3 is 15.1 Å². The third-order valence-electron chi connectivity index (χ3n) is 3.48. The highest BCUT2D eigenvalue weighted by atomic mass is 16.3. The highest BCUT2D eigenvalue weighted by Gasteiger charge is 2.23. The molecule has 0 saturated carbocycles. The van der Waals surface area contributed by atoms with Gasteiger partial charge in [0.05, 0.1) is 17.7 Å². The maximum Gasteiger partial charge on any atom is 0.0991 e. The van der Waals surface area contributed by atoms with Crippen molar-refractivity contribution in [1.82, 2.24) is 4.90 Å². The van der Waals surface area contributed by atoms with E-state index in [1.165, 1.54) is 0 Å². The molecule has 1 aromatic carbocycles. The molecule has 1 aliphatic rings. The molecule has 96 valence electrons. The van der Waals surface area contributed by atoms with Gasteiger partial charge in [0.15, 0.2) is 0 Å². The molecule has 1 saturated heterocycles. The predicted octanol–water partition coefficient (Wildman–Crippen LogP) is 0.906. The monoisotopic (exact) mass is 246 g/mol. The van der Waals surface area contributed by atoms with Crippen molar-refractivity contribution >= 4 is 0 Å². The van der Waals surface area contributed by atoms with Gasteiger partial charge in [-0.1, -0.05) is 12.1 Å². The molecule has 18 heavy (non-hydrogen) atoms. The molecule has 2 unspecified atom stereocenters. The summed E-state index contributed by atoms with van der Waals surface area (Å²) in [5.74, 6) is 0.346. The summed E-state index contributed by atoms with van der Waals surface area (Å²) in [4.78, 5) is 2.17. The van der Waals surface area contributed by atoms with Crippen LogP contribution in [0.1, 0.15) is 23.7 Å². The molecule has 1 heterocycles. The molecule has 0 radical (unpaired) electrons. The van der Waals surface area contributed by atoms with E-state index in [1.807, 2.05) is 0 Å². The molecule has 4 heteroatoms. The van der Waals surface area contributed by atoms with Crippen LogP contribution in [0.15, 0.2) is 24.3 Å². The van der Waals surface area contributed by atoms with Gasteiger partial charge in [0, 0.05) is 19.7 Å². The topological polar surface area (TPSA) is 67.5 Å². The zero-order chi connectivity index (χ0) is 13.0. The Balaban J connectivity index is 1.91. The number of benzene rings is 1. The van der Waals surface area contributed by atoms with Crippen LogP contribution in [0.5, 0.6) is 0 Å². The van der Waals surface area contributed by atoms with Crippen LogP contribution < -0.4 is 0 Å². The smallest absolute Gasteiger partial charge is 0.0991 e. The minimum Gasteiger partial charge on any atom is -0.396 e. The highest BCUT2D eigenvalue weighted by molar-refractivity contribution is 5.32. The largest absolute Gasteiger partial charge is 0.396 e. The number of likely N-dealkylation sites (tertiary alicyclic amines) is 1. The summed E-state index contributed by atoms with van der Waals surface area (Å²) in [6.45, 7) is 2.59. The molecule has 2 N–H and O–H groups in total. The second kappa shape index (κ2) is 5.96. The van der Waals surface area contributed by atoms with Crippen molar-refractivity contribution < 1.29 is 10.2 Å². The molecule has 1 aromatic rings. The van der Waals surface area contributed by atoms with Gasteiger partial charge in [0.1, 0.15) is 0 Å². The van der Waals surface area contributed by atoms with Crippen LogP contribution in [-0.2, 0) is 0 Å². The summed E-state index contributed by atoms with van der Waals surface area (Å²) in [5, 5.41) is 27.9. The fourth-order valence-corrected chi connectivity index (χ4v) is 2.36. The van der Waals surface area contributed by atoms with E-state index in [-0.39, 0.29) is 6.61 Å². The number of hydrogen-bond donors (Lipinski definition) is 2. The molecule has 0 amide bonds. The fourth-order valence-electron chi connectivity index (χ4n) is 2.36. The summed E-state index contributed by atoms with van der Waals surface area (Å²) in [5.41, 5.74) is 1.44.